The predicted octanol–water partition coefficient (Wildman–Crippen LogP) is 4.60. The van der Waals surface area contributed by atoms with E-state index in [9.17, 15) is 14.7 Å². The molecule has 0 atom stereocenters. The smallest absolute Gasteiger partial charge is 0.355 e. The van der Waals surface area contributed by atoms with Gasteiger partial charge in [0, 0.05) is 35.9 Å². The zero-order valence-electron chi connectivity index (χ0n) is 19.2. The van der Waals surface area contributed by atoms with Gasteiger partial charge in [-0.3, -0.25) is 4.79 Å². The molecule has 2 aromatic heterocycles. The molecule has 0 spiro atoms. The summed E-state index contributed by atoms with van der Waals surface area (Å²) >= 11 is 1.22. The number of rotatable bonds is 11. The van der Waals surface area contributed by atoms with Crippen molar-refractivity contribution in [2.75, 3.05) is 20.8 Å². The lowest BCUT2D eigenvalue weighted by Gasteiger charge is -2.23. The third-order valence-corrected chi connectivity index (χ3v) is 6.13. The summed E-state index contributed by atoms with van der Waals surface area (Å²) in [5, 5.41) is 11.2. The van der Waals surface area contributed by atoms with E-state index in [4.69, 9.17) is 13.9 Å². The Labute approximate surface area is 196 Å². The normalized spacial score (nSPS) is 10.8. The predicted molar refractivity (Wildman–Crippen MR) is 125 cm³/mol. The fraction of sp³-hybridized carbons (Fsp3) is 0.375. The number of hydrogen-bond donors (Lipinski definition) is 1. The minimum atomic E-state index is -1.09. The molecule has 0 fully saturated rings. The monoisotopic (exact) mass is 472 g/mol. The Balaban J connectivity index is 1.82. The number of hydrogen-bond acceptors (Lipinski definition) is 7. The fourth-order valence-electron chi connectivity index (χ4n) is 3.48. The number of benzene rings is 1. The summed E-state index contributed by atoms with van der Waals surface area (Å²) < 4.78 is 16.6. The van der Waals surface area contributed by atoms with E-state index in [-0.39, 0.29) is 18.1 Å². The number of aromatic nitrogens is 1. The van der Waals surface area contributed by atoms with Crippen molar-refractivity contribution in [1.29, 1.82) is 0 Å². The Morgan fingerprint density at radius 1 is 1.15 bits per heavy atom. The third-order valence-electron chi connectivity index (χ3n) is 5.30. The van der Waals surface area contributed by atoms with Gasteiger partial charge in [-0.25, -0.2) is 9.78 Å². The first-order chi connectivity index (χ1) is 15.9. The quantitative estimate of drug-likeness (QED) is 0.435. The van der Waals surface area contributed by atoms with E-state index in [1.807, 2.05) is 26.0 Å². The minimum absolute atomic E-state index is 0.0243. The number of thiazole rings is 1. The molecule has 0 radical (unpaired) electrons. The highest BCUT2D eigenvalue weighted by atomic mass is 32.1. The molecule has 9 heteroatoms. The van der Waals surface area contributed by atoms with Gasteiger partial charge in [-0.15, -0.1) is 11.3 Å². The topological polar surface area (TPSA) is 102 Å². The molecule has 1 N–H and O–H groups in total. The number of carbonyl (C=O) groups is 2. The zero-order valence-corrected chi connectivity index (χ0v) is 20.0. The standard InChI is InChI=1S/C24H28N2O6S/c1-5-17-8-9-18(32-17)7-6-10-26(13-22-25-19(14-33-22)24(28)29)23(27)16-11-20(30-3)15(2)21(12-16)31-4/h8-9,11-12,14H,5-7,10,13H2,1-4H3,(H,28,29). The molecule has 1 amide bonds. The molecule has 0 aliphatic carbocycles. The van der Waals surface area contributed by atoms with Gasteiger partial charge < -0.3 is 23.9 Å². The van der Waals surface area contributed by atoms with Crippen LogP contribution < -0.4 is 9.47 Å². The summed E-state index contributed by atoms with van der Waals surface area (Å²) in [7, 11) is 3.09. The molecular weight excluding hydrogens is 444 g/mol. The van der Waals surface area contributed by atoms with E-state index in [0.717, 1.165) is 23.5 Å². The summed E-state index contributed by atoms with van der Waals surface area (Å²) in [6.07, 6.45) is 2.19. The number of ether oxygens (including phenoxy) is 2. The first-order valence-electron chi connectivity index (χ1n) is 10.6. The molecule has 0 bridgehead atoms. The molecule has 3 rings (SSSR count). The SMILES string of the molecule is CCc1ccc(CCCN(Cc2nc(C(=O)O)cs2)C(=O)c2cc(OC)c(C)c(OC)c2)o1. The number of methoxy groups -OCH3 is 2. The van der Waals surface area contributed by atoms with Crippen molar-refractivity contribution >= 4 is 23.2 Å². The number of carbonyl (C=O) groups excluding carboxylic acids is 1. The Morgan fingerprint density at radius 2 is 1.82 bits per heavy atom. The first-order valence-corrected chi connectivity index (χ1v) is 11.5. The van der Waals surface area contributed by atoms with Crippen molar-refractivity contribution in [2.45, 2.75) is 39.7 Å². The average molecular weight is 473 g/mol. The van der Waals surface area contributed by atoms with Crippen LogP contribution in [-0.2, 0) is 19.4 Å². The molecule has 0 unspecified atom stereocenters. The van der Waals surface area contributed by atoms with Gasteiger partial charge in [-0.2, -0.15) is 0 Å². The maximum atomic E-state index is 13.5. The van der Waals surface area contributed by atoms with Gasteiger partial charge in [0.15, 0.2) is 5.69 Å². The van der Waals surface area contributed by atoms with Crippen LogP contribution in [0.3, 0.4) is 0 Å². The lowest BCUT2D eigenvalue weighted by atomic mass is 10.1. The van der Waals surface area contributed by atoms with Crippen LogP contribution in [0.4, 0.5) is 0 Å². The maximum absolute atomic E-state index is 13.5. The Hall–Kier alpha value is -3.33. The number of carboxylic acids is 1. The van der Waals surface area contributed by atoms with Gasteiger partial charge >= 0.3 is 5.97 Å². The van der Waals surface area contributed by atoms with Gasteiger partial charge in [0.1, 0.15) is 28.0 Å². The van der Waals surface area contributed by atoms with Crippen LogP contribution in [0.5, 0.6) is 11.5 Å². The third kappa shape index (κ3) is 5.92. The molecule has 3 aromatic rings. The molecule has 176 valence electrons. The van der Waals surface area contributed by atoms with Crippen molar-refractivity contribution in [3.05, 3.63) is 63.0 Å². The minimum Gasteiger partial charge on any atom is -0.496 e. The summed E-state index contributed by atoms with van der Waals surface area (Å²) in [6.45, 7) is 4.54. The summed E-state index contributed by atoms with van der Waals surface area (Å²) in [5.74, 6) is 1.62. The lowest BCUT2D eigenvalue weighted by molar-refractivity contribution is 0.0691. The molecular formula is C24H28N2O6S. The van der Waals surface area contributed by atoms with Gasteiger partial charge in [0.25, 0.3) is 5.91 Å². The van der Waals surface area contributed by atoms with Crippen molar-refractivity contribution in [1.82, 2.24) is 9.88 Å². The Bertz CT molecular complexity index is 1090. The van der Waals surface area contributed by atoms with E-state index in [0.29, 0.717) is 41.5 Å². The molecule has 0 saturated carbocycles. The molecule has 0 aliphatic heterocycles. The van der Waals surface area contributed by atoms with Gasteiger partial charge in [-0.05, 0) is 37.6 Å². The van der Waals surface area contributed by atoms with Crippen molar-refractivity contribution < 1.29 is 28.6 Å². The van der Waals surface area contributed by atoms with Crippen LogP contribution in [0.1, 0.15) is 56.3 Å². The van der Waals surface area contributed by atoms with Crippen LogP contribution >= 0.6 is 11.3 Å². The number of nitrogens with zero attached hydrogens (tertiary/aromatic N) is 2. The highest BCUT2D eigenvalue weighted by molar-refractivity contribution is 7.09. The van der Waals surface area contributed by atoms with E-state index < -0.39 is 5.97 Å². The van der Waals surface area contributed by atoms with Crippen LogP contribution in [0.25, 0.3) is 0 Å². The number of aryl methyl sites for hydroxylation is 2. The van der Waals surface area contributed by atoms with Crippen molar-refractivity contribution in [3.8, 4) is 11.5 Å². The van der Waals surface area contributed by atoms with E-state index >= 15 is 0 Å². The van der Waals surface area contributed by atoms with E-state index in [1.54, 1.807) is 31.3 Å². The fourth-order valence-corrected chi connectivity index (χ4v) is 4.26. The number of carboxylic acid groups (broad SMARTS) is 1. The maximum Gasteiger partial charge on any atom is 0.355 e. The molecule has 8 nitrogen and oxygen atoms in total. The van der Waals surface area contributed by atoms with Crippen LogP contribution in [-0.4, -0.2) is 47.6 Å². The largest absolute Gasteiger partial charge is 0.496 e. The second-order valence-electron chi connectivity index (χ2n) is 7.49. The number of aromatic carboxylic acids is 1. The molecule has 33 heavy (non-hydrogen) atoms. The van der Waals surface area contributed by atoms with E-state index in [2.05, 4.69) is 4.98 Å². The molecule has 0 saturated heterocycles. The van der Waals surface area contributed by atoms with Gasteiger partial charge in [0.05, 0.1) is 20.8 Å². The van der Waals surface area contributed by atoms with Crippen LogP contribution in [0.2, 0.25) is 0 Å². The zero-order chi connectivity index (χ0) is 24.0. The molecule has 2 heterocycles. The van der Waals surface area contributed by atoms with Gasteiger partial charge in [-0.1, -0.05) is 6.92 Å². The second kappa shape index (κ2) is 11.0. The van der Waals surface area contributed by atoms with Crippen molar-refractivity contribution in [2.24, 2.45) is 0 Å². The number of amides is 1. The number of furan rings is 1. The van der Waals surface area contributed by atoms with Crippen LogP contribution in [0, 0.1) is 6.92 Å². The highest BCUT2D eigenvalue weighted by Crippen LogP contribution is 2.30. The summed E-state index contributed by atoms with van der Waals surface area (Å²) in [4.78, 5) is 30.5. The first kappa shape index (κ1) is 24.3. The highest BCUT2D eigenvalue weighted by Gasteiger charge is 2.21. The lowest BCUT2D eigenvalue weighted by Crippen LogP contribution is -2.32. The Morgan fingerprint density at radius 3 is 2.36 bits per heavy atom. The average Bonchev–Trinajstić information content (AvgIpc) is 3.47. The molecule has 0 aliphatic rings. The van der Waals surface area contributed by atoms with Gasteiger partial charge in [0.2, 0.25) is 0 Å². The van der Waals surface area contributed by atoms with E-state index in [1.165, 1.54) is 16.7 Å². The molecule has 1 aromatic carbocycles. The van der Waals surface area contributed by atoms with Crippen molar-refractivity contribution in [3.63, 3.8) is 0 Å². The Kier molecular flexibility index (Phi) is 8.11. The summed E-state index contributed by atoms with van der Waals surface area (Å²) in [6, 6.07) is 7.31. The second-order valence-corrected chi connectivity index (χ2v) is 8.43. The van der Waals surface area contributed by atoms with Crippen LogP contribution in [0.15, 0.2) is 34.1 Å². The summed E-state index contributed by atoms with van der Waals surface area (Å²) in [5.41, 5.74) is 1.21.